The highest BCUT2D eigenvalue weighted by atomic mass is 16.5. The van der Waals surface area contributed by atoms with Crippen LogP contribution in [0.5, 0.6) is 11.5 Å². The SMILES string of the molecule is COc1ccc(CCNc2cc([C@@H]3CCOC3)ncn2)c(OC)c1. The van der Waals surface area contributed by atoms with Gasteiger partial charge in [0, 0.05) is 31.2 Å². The highest BCUT2D eigenvalue weighted by Gasteiger charge is 2.19. The van der Waals surface area contributed by atoms with Crippen molar-refractivity contribution < 1.29 is 14.2 Å². The second-order valence-electron chi connectivity index (χ2n) is 5.74. The quantitative estimate of drug-likeness (QED) is 0.842. The number of hydrogen-bond donors (Lipinski definition) is 1. The molecule has 0 unspecified atom stereocenters. The van der Waals surface area contributed by atoms with Crippen LogP contribution >= 0.6 is 0 Å². The van der Waals surface area contributed by atoms with Gasteiger partial charge in [-0.25, -0.2) is 9.97 Å². The van der Waals surface area contributed by atoms with Gasteiger partial charge in [0.1, 0.15) is 23.6 Å². The molecule has 1 aliphatic rings. The van der Waals surface area contributed by atoms with Crippen LogP contribution < -0.4 is 14.8 Å². The van der Waals surface area contributed by atoms with Crippen molar-refractivity contribution in [3.05, 3.63) is 41.9 Å². The van der Waals surface area contributed by atoms with Crippen molar-refractivity contribution in [1.82, 2.24) is 9.97 Å². The molecule has 1 aromatic carbocycles. The summed E-state index contributed by atoms with van der Waals surface area (Å²) in [5.41, 5.74) is 2.18. The zero-order valence-electron chi connectivity index (χ0n) is 14.1. The van der Waals surface area contributed by atoms with E-state index in [2.05, 4.69) is 15.3 Å². The molecule has 6 nitrogen and oxygen atoms in total. The molecule has 6 heteroatoms. The van der Waals surface area contributed by atoms with Crippen LogP contribution in [-0.4, -0.2) is 43.9 Å². The van der Waals surface area contributed by atoms with Crippen LogP contribution in [0, 0.1) is 0 Å². The Bertz CT molecular complexity index is 672. The summed E-state index contributed by atoms with van der Waals surface area (Å²) in [6.45, 7) is 2.33. The molecule has 1 N–H and O–H groups in total. The Balaban J connectivity index is 1.59. The smallest absolute Gasteiger partial charge is 0.129 e. The molecule has 1 atom stereocenters. The fraction of sp³-hybridized carbons (Fsp3) is 0.444. The fourth-order valence-corrected chi connectivity index (χ4v) is 2.84. The molecule has 0 spiro atoms. The van der Waals surface area contributed by atoms with Gasteiger partial charge in [0.25, 0.3) is 0 Å². The number of benzene rings is 1. The summed E-state index contributed by atoms with van der Waals surface area (Å²) in [4.78, 5) is 8.67. The molecule has 1 aliphatic heterocycles. The van der Waals surface area contributed by atoms with Gasteiger partial charge in [-0.15, -0.1) is 0 Å². The fourth-order valence-electron chi connectivity index (χ4n) is 2.84. The van der Waals surface area contributed by atoms with E-state index in [1.807, 2.05) is 24.3 Å². The third-order valence-electron chi connectivity index (χ3n) is 4.23. The number of nitrogens with zero attached hydrogens (tertiary/aromatic N) is 2. The van der Waals surface area contributed by atoms with Crippen molar-refractivity contribution in [2.45, 2.75) is 18.8 Å². The van der Waals surface area contributed by atoms with Gasteiger partial charge in [-0.2, -0.15) is 0 Å². The average Bonchev–Trinajstić information content (AvgIpc) is 3.17. The number of anilines is 1. The summed E-state index contributed by atoms with van der Waals surface area (Å²) in [7, 11) is 3.32. The third-order valence-corrected chi connectivity index (χ3v) is 4.23. The summed E-state index contributed by atoms with van der Waals surface area (Å²) in [5, 5.41) is 3.36. The zero-order valence-corrected chi connectivity index (χ0v) is 14.1. The lowest BCUT2D eigenvalue weighted by Gasteiger charge is -2.12. The number of ether oxygens (including phenoxy) is 3. The van der Waals surface area contributed by atoms with Crippen LogP contribution in [0.4, 0.5) is 5.82 Å². The van der Waals surface area contributed by atoms with E-state index in [0.29, 0.717) is 5.92 Å². The number of aromatic nitrogens is 2. The monoisotopic (exact) mass is 329 g/mol. The molecular weight excluding hydrogens is 306 g/mol. The van der Waals surface area contributed by atoms with E-state index in [0.717, 1.165) is 61.2 Å². The first kappa shape index (κ1) is 16.5. The van der Waals surface area contributed by atoms with E-state index in [1.54, 1.807) is 20.5 Å². The molecule has 1 fully saturated rings. The van der Waals surface area contributed by atoms with Crippen molar-refractivity contribution in [3.8, 4) is 11.5 Å². The van der Waals surface area contributed by atoms with Gasteiger partial charge in [0.05, 0.1) is 26.5 Å². The van der Waals surface area contributed by atoms with Crippen LogP contribution in [0.25, 0.3) is 0 Å². The number of hydrogen-bond acceptors (Lipinski definition) is 6. The average molecular weight is 329 g/mol. The summed E-state index contributed by atoms with van der Waals surface area (Å²) in [6.07, 6.45) is 3.47. The van der Waals surface area contributed by atoms with Gasteiger partial charge in [0.2, 0.25) is 0 Å². The Kier molecular flexibility index (Phi) is 5.48. The zero-order chi connectivity index (χ0) is 16.8. The van der Waals surface area contributed by atoms with Gasteiger partial charge < -0.3 is 19.5 Å². The molecule has 2 aromatic rings. The van der Waals surface area contributed by atoms with E-state index in [4.69, 9.17) is 14.2 Å². The van der Waals surface area contributed by atoms with Crippen LogP contribution in [0.2, 0.25) is 0 Å². The topological polar surface area (TPSA) is 65.5 Å². The highest BCUT2D eigenvalue weighted by molar-refractivity contribution is 5.42. The van der Waals surface area contributed by atoms with Crippen molar-refractivity contribution in [3.63, 3.8) is 0 Å². The number of nitrogens with one attached hydrogen (secondary N) is 1. The number of rotatable bonds is 7. The van der Waals surface area contributed by atoms with Gasteiger partial charge >= 0.3 is 0 Å². The molecule has 0 aliphatic carbocycles. The second kappa shape index (κ2) is 7.97. The largest absolute Gasteiger partial charge is 0.497 e. The minimum atomic E-state index is 0.384. The summed E-state index contributed by atoms with van der Waals surface area (Å²) in [6, 6.07) is 7.89. The van der Waals surface area contributed by atoms with Crippen molar-refractivity contribution in [2.24, 2.45) is 0 Å². The van der Waals surface area contributed by atoms with E-state index in [-0.39, 0.29) is 0 Å². The summed E-state index contributed by atoms with van der Waals surface area (Å²) in [5.74, 6) is 2.86. The molecule has 1 aromatic heterocycles. The Labute approximate surface area is 142 Å². The van der Waals surface area contributed by atoms with Gasteiger partial charge in [-0.1, -0.05) is 6.07 Å². The van der Waals surface area contributed by atoms with Crippen LogP contribution in [0.1, 0.15) is 23.6 Å². The van der Waals surface area contributed by atoms with Gasteiger partial charge in [-0.3, -0.25) is 0 Å². The van der Waals surface area contributed by atoms with Crippen LogP contribution in [0.15, 0.2) is 30.6 Å². The Hall–Kier alpha value is -2.34. The van der Waals surface area contributed by atoms with Gasteiger partial charge in [0.15, 0.2) is 0 Å². The van der Waals surface area contributed by atoms with E-state index in [9.17, 15) is 0 Å². The lowest BCUT2D eigenvalue weighted by molar-refractivity contribution is 0.193. The molecule has 0 radical (unpaired) electrons. The first-order valence-corrected chi connectivity index (χ1v) is 8.14. The minimum Gasteiger partial charge on any atom is -0.497 e. The highest BCUT2D eigenvalue weighted by Crippen LogP contribution is 2.26. The van der Waals surface area contributed by atoms with E-state index < -0.39 is 0 Å². The maximum atomic E-state index is 5.43. The lowest BCUT2D eigenvalue weighted by atomic mass is 10.0. The lowest BCUT2D eigenvalue weighted by Crippen LogP contribution is -2.09. The first-order valence-electron chi connectivity index (χ1n) is 8.14. The van der Waals surface area contributed by atoms with Crippen molar-refractivity contribution >= 4 is 5.82 Å². The maximum absolute atomic E-state index is 5.43. The molecule has 24 heavy (non-hydrogen) atoms. The summed E-state index contributed by atoms with van der Waals surface area (Å²) >= 11 is 0. The minimum absolute atomic E-state index is 0.384. The predicted molar refractivity (Wildman–Crippen MR) is 91.9 cm³/mol. The third kappa shape index (κ3) is 3.94. The molecule has 3 rings (SSSR count). The maximum Gasteiger partial charge on any atom is 0.129 e. The van der Waals surface area contributed by atoms with E-state index in [1.165, 1.54) is 0 Å². The van der Waals surface area contributed by atoms with Crippen LogP contribution in [-0.2, 0) is 11.2 Å². The molecule has 0 amide bonds. The van der Waals surface area contributed by atoms with Crippen LogP contribution in [0.3, 0.4) is 0 Å². The molecule has 0 saturated carbocycles. The number of methoxy groups -OCH3 is 2. The normalized spacial score (nSPS) is 16.8. The van der Waals surface area contributed by atoms with Crippen molar-refractivity contribution in [2.75, 3.05) is 39.3 Å². The Morgan fingerprint density at radius 3 is 2.88 bits per heavy atom. The standard InChI is InChI=1S/C18H23N3O3/c1-22-15-4-3-13(17(9-15)23-2)5-7-19-18-10-16(20-12-21-18)14-6-8-24-11-14/h3-4,9-10,12,14H,5-8,11H2,1-2H3,(H,19,20,21)/t14-/m1/s1. The molecule has 0 bridgehead atoms. The predicted octanol–water partition coefficient (Wildman–Crippen LogP) is 2.65. The molecule has 1 saturated heterocycles. The van der Waals surface area contributed by atoms with Crippen molar-refractivity contribution in [1.29, 1.82) is 0 Å². The first-order chi connectivity index (χ1) is 11.8. The van der Waals surface area contributed by atoms with Gasteiger partial charge in [-0.05, 0) is 24.5 Å². The summed E-state index contributed by atoms with van der Waals surface area (Å²) < 4.78 is 16.1. The molecule has 128 valence electrons. The second-order valence-corrected chi connectivity index (χ2v) is 5.74. The molecular formula is C18H23N3O3. The Morgan fingerprint density at radius 1 is 1.21 bits per heavy atom. The molecule has 2 heterocycles. The Morgan fingerprint density at radius 2 is 2.12 bits per heavy atom. The van der Waals surface area contributed by atoms with E-state index >= 15 is 0 Å².